The molecule has 1 aliphatic carbocycles. The summed E-state index contributed by atoms with van der Waals surface area (Å²) in [5, 5.41) is 4.30. The first kappa shape index (κ1) is 26.5. The predicted molar refractivity (Wildman–Crippen MR) is 159 cm³/mol. The number of carbonyl (C=O) groups is 1. The predicted octanol–water partition coefficient (Wildman–Crippen LogP) is 7.57. The van der Waals surface area contributed by atoms with E-state index in [-0.39, 0.29) is 5.97 Å². The number of ether oxygens (including phenoxy) is 2. The summed E-state index contributed by atoms with van der Waals surface area (Å²) in [6.07, 6.45) is 5.94. The Hall–Kier alpha value is -4.71. The van der Waals surface area contributed by atoms with E-state index in [4.69, 9.17) is 14.0 Å². The maximum atomic E-state index is 12.5. The standard InChI is InChI=1S/C35H32N2O4/c1-4-40-34(38)35(16-17-35)30-14-12-26(13-15-30)25-8-10-27(11-9-25)33-32(23(2)37-41-33)19-24-6-5-7-28(18-24)29-20-31(39-3)22-36-21-29/h5-15,18,20-22H,4,16-17,19H2,1-3H3. The minimum atomic E-state index is -0.455. The third-order valence-corrected chi connectivity index (χ3v) is 7.91. The van der Waals surface area contributed by atoms with Gasteiger partial charge in [0.05, 0.1) is 31.0 Å². The van der Waals surface area contributed by atoms with Gasteiger partial charge in [-0.2, -0.15) is 0 Å². The second-order valence-corrected chi connectivity index (χ2v) is 10.5. The lowest BCUT2D eigenvalue weighted by Gasteiger charge is -2.14. The quantitative estimate of drug-likeness (QED) is 0.178. The molecule has 5 aromatic rings. The fraction of sp³-hybridized carbons (Fsp3) is 0.229. The summed E-state index contributed by atoms with van der Waals surface area (Å²) in [4.78, 5) is 16.8. The molecule has 2 aromatic heterocycles. The van der Waals surface area contributed by atoms with Crippen molar-refractivity contribution in [1.29, 1.82) is 0 Å². The van der Waals surface area contributed by atoms with Crippen molar-refractivity contribution in [2.75, 3.05) is 13.7 Å². The van der Waals surface area contributed by atoms with Crippen molar-refractivity contribution in [1.82, 2.24) is 10.1 Å². The van der Waals surface area contributed by atoms with Crippen LogP contribution in [0.25, 0.3) is 33.6 Å². The molecule has 6 heteroatoms. The summed E-state index contributed by atoms with van der Waals surface area (Å²) >= 11 is 0. The van der Waals surface area contributed by atoms with Gasteiger partial charge in [-0.05, 0) is 60.6 Å². The number of esters is 1. The molecule has 0 spiro atoms. The van der Waals surface area contributed by atoms with Crippen molar-refractivity contribution in [2.24, 2.45) is 0 Å². The van der Waals surface area contributed by atoms with Gasteiger partial charge in [0, 0.05) is 29.3 Å². The number of methoxy groups -OCH3 is 1. The zero-order chi connectivity index (χ0) is 28.4. The lowest BCUT2D eigenvalue weighted by atomic mass is 9.93. The summed E-state index contributed by atoms with van der Waals surface area (Å²) in [6.45, 7) is 4.24. The average Bonchev–Trinajstić information content (AvgIpc) is 3.76. The zero-order valence-electron chi connectivity index (χ0n) is 23.5. The molecular weight excluding hydrogens is 512 g/mol. The second-order valence-electron chi connectivity index (χ2n) is 10.5. The Balaban J connectivity index is 1.21. The molecule has 6 nitrogen and oxygen atoms in total. The minimum Gasteiger partial charge on any atom is -0.495 e. The molecule has 1 fully saturated rings. The molecule has 0 radical (unpaired) electrons. The summed E-state index contributed by atoms with van der Waals surface area (Å²) < 4.78 is 16.5. The molecule has 0 saturated heterocycles. The lowest BCUT2D eigenvalue weighted by Crippen LogP contribution is -2.23. The largest absolute Gasteiger partial charge is 0.495 e. The van der Waals surface area contributed by atoms with Gasteiger partial charge in [0.15, 0.2) is 5.76 Å². The van der Waals surface area contributed by atoms with Crippen LogP contribution in [0.2, 0.25) is 0 Å². The van der Waals surface area contributed by atoms with Crippen LogP contribution < -0.4 is 4.74 Å². The van der Waals surface area contributed by atoms with E-state index in [9.17, 15) is 4.79 Å². The van der Waals surface area contributed by atoms with Crippen molar-refractivity contribution >= 4 is 5.97 Å². The Morgan fingerprint density at radius 2 is 1.59 bits per heavy atom. The highest BCUT2D eigenvalue weighted by Gasteiger charge is 2.52. The van der Waals surface area contributed by atoms with E-state index >= 15 is 0 Å². The molecular formula is C35H32N2O4. The van der Waals surface area contributed by atoms with Gasteiger partial charge in [-0.15, -0.1) is 0 Å². The SMILES string of the molecule is CCOC(=O)C1(c2ccc(-c3ccc(-c4onc(C)c4Cc4cccc(-c5cncc(OC)c5)c4)cc3)cc2)CC1. The van der Waals surface area contributed by atoms with E-state index in [1.165, 1.54) is 0 Å². The van der Waals surface area contributed by atoms with Gasteiger partial charge in [-0.25, -0.2) is 0 Å². The van der Waals surface area contributed by atoms with Gasteiger partial charge in [0.25, 0.3) is 0 Å². The van der Waals surface area contributed by atoms with Crippen molar-refractivity contribution in [3.05, 3.63) is 114 Å². The van der Waals surface area contributed by atoms with Crippen molar-refractivity contribution in [3.63, 3.8) is 0 Å². The number of pyridine rings is 1. The number of hydrogen-bond donors (Lipinski definition) is 0. The van der Waals surface area contributed by atoms with Crippen LogP contribution in [0.4, 0.5) is 0 Å². The van der Waals surface area contributed by atoms with Crippen molar-refractivity contribution < 1.29 is 18.8 Å². The van der Waals surface area contributed by atoms with Crippen molar-refractivity contribution in [3.8, 4) is 39.3 Å². The Kier molecular flexibility index (Phi) is 7.14. The molecule has 206 valence electrons. The monoisotopic (exact) mass is 544 g/mol. The number of carbonyl (C=O) groups excluding carboxylic acids is 1. The van der Waals surface area contributed by atoms with Crippen LogP contribution >= 0.6 is 0 Å². The fourth-order valence-corrected chi connectivity index (χ4v) is 5.38. The molecule has 3 aromatic carbocycles. The van der Waals surface area contributed by atoms with E-state index < -0.39 is 5.41 Å². The highest BCUT2D eigenvalue weighted by atomic mass is 16.5. The summed E-state index contributed by atoms with van der Waals surface area (Å²) in [5.74, 6) is 1.40. The molecule has 1 saturated carbocycles. The number of nitrogens with zero attached hydrogens (tertiary/aromatic N) is 2. The molecule has 0 unspecified atom stereocenters. The fourth-order valence-electron chi connectivity index (χ4n) is 5.38. The van der Waals surface area contributed by atoms with Crippen LogP contribution in [-0.2, 0) is 21.4 Å². The number of hydrogen-bond acceptors (Lipinski definition) is 6. The van der Waals surface area contributed by atoms with Gasteiger partial charge in [0.1, 0.15) is 5.75 Å². The minimum absolute atomic E-state index is 0.112. The highest BCUT2D eigenvalue weighted by molar-refractivity contribution is 5.87. The van der Waals surface area contributed by atoms with Gasteiger partial charge >= 0.3 is 5.97 Å². The molecule has 6 rings (SSSR count). The number of aryl methyl sites for hydroxylation is 1. The van der Waals surface area contributed by atoms with E-state index in [2.05, 4.69) is 82.9 Å². The maximum Gasteiger partial charge on any atom is 0.316 e. The van der Waals surface area contributed by atoms with E-state index in [1.807, 2.05) is 26.1 Å². The van der Waals surface area contributed by atoms with Gasteiger partial charge in [0.2, 0.25) is 0 Å². The molecule has 0 N–H and O–H groups in total. The van der Waals surface area contributed by atoms with E-state index in [1.54, 1.807) is 13.3 Å². The third-order valence-electron chi connectivity index (χ3n) is 7.91. The van der Waals surface area contributed by atoms with Crippen LogP contribution in [0.3, 0.4) is 0 Å². The zero-order valence-corrected chi connectivity index (χ0v) is 23.5. The Morgan fingerprint density at radius 1 is 0.878 bits per heavy atom. The first-order valence-corrected chi connectivity index (χ1v) is 13.9. The van der Waals surface area contributed by atoms with Crippen LogP contribution in [-0.4, -0.2) is 29.8 Å². The van der Waals surface area contributed by atoms with Crippen LogP contribution in [0.1, 0.15) is 42.1 Å². The highest BCUT2D eigenvalue weighted by Crippen LogP contribution is 2.49. The Labute approximate surface area is 240 Å². The molecule has 2 heterocycles. The first-order valence-electron chi connectivity index (χ1n) is 13.9. The van der Waals surface area contributed by atoms with Crippen molar-refractivity contribution in [2.45, 2.75) is 38.5 Å². The molecule has 0 aliphatic heterocycles. The maximum absolute atomic E-state index is 12.5. The van der Waals surface area contributed by atoms with E-state index in [0.29, 0.717) is 13.0 Å². The van der Waals surface area contributed by atoms with Crippen LogP contribution in [0.5, 0.6) is 5.75 Å². The lowest BCUT2D eigenvalue weighted by molar-refractivity contribution is -0.146. The third kappa shape index (κ3) is 5.25. The topological polar surface area (TPSA) is 74.5 Å². The molecule has 1 aliphatic rings. The summed E-state index contributed by atoms with van der Waals surface area (Å²) in [5.41, 5.74) is 8.93. The molecule has 0 bridgehead atoms. The average molecular weight is 545 g/mol. The molecule has 0 amide bonds. The van der Waals surface area contributed by atoms with Gasteiger partial charge in [-0.3, -0.25) is 9.78 Å². The molecule has 41 heavy (non-hydrogen) atoms. The summed E-state index contributed by atoms with van der Waals surface area (Å²) in [6, 6.07) is 27.0. The Bertz CT molecular complexity index is 1680. The van der Waals surface area contributed by atoms with E-state index in [0.717, 1.165) is 74.6 Å². The number of rotatable bonds is 9. The Morgan fingerprint density at radius 3 is 2.27 bits per heavy atom. The van der Waals surface area contributed by atoms with Gasteiger partial charge in [-0.1, -0.05) is 78.0 Å². The number of benzene rings is 3. The smallest absolute Gasteiger partial charge is 0.316 e. The first-order chi connectivity index (χ1) is 20.0. The summed E-state index contributed by atoms with van der Waals surface area (Å²) in [7, 11) is 1.65. The van der Waals surface area contributed by atoms with Gasteiger partial charge < -0.3 is 14.0 Å². The second kappa shape index (κ2) is 11.0. The molecule has 0 atom stereocenters. The van der Waals surface area contributed by atoms with Crippen LogP contribution in [0, 0.1) is 6.92 Å². The van der Waals surface area contributed by atoms with Crippen LogP contribution in [0.15, 0.2) is 95.8 Å². The number of aromatic nitrogens is 2. The normalized spacial score (nSPS) is 13.5.